The number of hydrogen-bond acceptors (Lipinski definition) is 4. The summed E-state index contributed by atoms with van der Waals surface area (Å²) >= 11 is 0. The van der Waals surface area contributed by atoms with E-state index in [0.717, 1.165) is 0 Å². The van der Waals surface area contributed by atoms with E-state index in [1.54, 1.807) is 26.1 Å². The predicted molar refractivity (Wildman–Crippen MR) is 88.8 cm³/mol. The van der Waals surface area contributed by atoms with Crippen molar-refractivity contribution in [2.45, 2.75) is 11.8 Å². The average Bonchev–Trinajstić information content (AvgIpc) is 2.85. The lowest BCUT2D eigenvalue weighted by molar-refractivity contribution is 0.609. The van der Waals surface area contributed by atoms with Crippen LogP contribution in [0.25, 0.3) is 0 Å². The number of amidine groups is 1. The molecule has 23 heavy (non-hydrogen) atoms. The largest absolute Gasteiger partial charge is 0.382 e. The van der Waals surface area contributed by atoms with Crippen LogP contribution in [0, 0.1) is 12.7 Å². The summed E-state index contributed by atoms with van der Waals surface area (Å²) in [5, 5.41) is 2.98. The molecule has 0 atom stereocenters. The first-order chi connectivity index (χ1) is 10.7. The van der Waals surface area contributed by atoms with E-state index in [-0.39, 0.29) is 23.2 Å². The summed E-state index contributed by atoms with van der Waals surface area (Å²) < 4.78 is 37.3. The van der Waals surface area contributed by atoms with Gasteiger partial charge in [-0.3, -0.25) is 0 Å². The molecule has 1 aromatic heterocycles. The highest BCUT2D eigenvalue weighted by molar-refractivity contribution is 8.13. The SMILES string of the molecule is Cc1cc(NCN=C(N)c2cc(S(=O)(=O)Cl)cn2C)ccc1F. The number of nitrogens with one attached hydrogen (secondary N) is 1. The number of hydrogen-bond donors (Lipinski definition) is 2. The minimum Gasteiger partial charge on any atom is -0.382 e. The second kappa shape index (κ2) is 6.59. The molecule has 9 heteroatoms. The lowest BCUT2D eigenvalue weighted by Gasteiger charge is -2.06. The molecule has 0 saturated heterocycles. The maximum atomic E-state index is 13.2. The Kier molecular flexibility index (Phi) is 4.96. The molecular weight excluding hydrogens is 343 g/mol. The van der Waals surface area contributed by atoms with E-state index in [4.69, 9.17) is 16.4 Å². The van der Waals surface area contributed by atoms with Gasteiger partial charge >= 0.3 is 0 Å². The van der Waals surface area contributed by atoms with E-state index < -0.39 is 9.05 Å². The molecular formula is C14H16ClFN4O2S. The molecule has 1 heterocycles. The normalized spacial score (nSPS) is 12.4. The zero-order valence-corrected chi connectivity index (χ0v) is 14.1. The van der Waals surface area contributed by atoms with Gasteiger partial charge < -0.3 is 15.6 Å². The maximum absolute atomic E-state index is 13.2. The Bertz CT molecular complexity index is 862. The Balaban J connectivity index is 2.11. The van der Waals surface area contributed by atoms with Gasteiger partial charge in [0.2, 0.25) is 0 Å². The first-order valence-corrected chi connectivity index (χ1v) is 8.91. The zero-order valence-electron chi connectivity index (χ0n) is 12.5. The minimum absolute atomic E-state index is 0.0445. The van der Waals surface area contributed by atoms with E-state index in [1.165, 1.54) is 22.9 Å². The Morgan fingerprint density at radius 1 is 1.43 bits per heavy atom. The van der Waals surface area contributed by atoms with Crippen LogP contribution in [-0.2, 0) is 16.1 Å². The molecule has 0 spiro atoms. The quantitative estimate of drug-likeness (QED) is 0.487. The molecule has 0 aliphatic heterocycles. The molecule has 0 aliphatic rings. The molecule has 0 aliphatic carbocycles. The summed E-state index contributed by atoms with van der Waals surface area (Å²) in [6, 6.07) is 5.96. The molecule has 1 aromatic carbocycles. The standard InChI is InChI=1S/C14H16ClFN4O2S/c1-9-5-10(3-4-12(9)16)18-8-19-14(17)13-6-11(7-20(13)2)23(15,21)22/h3-7,18H,8H2,1-2H3,(H2,17,19). The fourth-order valence-electron chi connectivity index (χ4n) is 1.97. The van der Waals surface area contributed by atoms with Crippen LogP contribution in [0.5, 0.6) is 0 Å². The van der Waals surface area contributed by atoms with E-state index >= 15 is 0 Å². The fraction of sp³-hybridized carbons (Fsp3) is 0.214. The Morgan fingerprint density at radius 3 is 2.70 bits per heavy atom. The topological polar surface area (TPSA) is 89.5 Å². The molecule has 0 fully saturated rings. The maximum Gasteiger partial charge on any atom is 0.262 e. The highest BCUT2D eigenvalue weighted by atomic mass is 35.7. The number of rotatable bonds is 5. The summed E-state index contributed by atoms with van der Waals surface area (Å²) in [4.78, 5) is 4.08. The van der Waals surface area contributed by atoms with Gasteiger partial charge in [-0.05, 0) is 36.8 Å². The van der Waals surface area contributed by atoms with Crippen molar-refractivity contribution in [2.24, 2.45) is 17.8 Å². The van der Waals surface area contributed by atoms with Crippen LogP contribution in [0.15, 0.2) is 40.4 Å². The molecule has 0 unspecified atom stereocenters. The van der Waals surface area contributed by atoms with Gasteiger partial charge in [-0.15, -0.1) is 0 Å². The van der Waals surface area contributed by atoms with Crippen LogP contribution in [-0.4, -0.2) is 25.5 Å². The third-order valence-corrected chi connectivity index (χ3v) is 4.54. The highest BCUT2D eigenvalue weighted by Crippen LogP contribution is 2.18. The number of nitrogens with two attached hydrogens (primary N) is 1. The molecule has 2 aromatic rings. The number of nitrogens with zero attached hydrogens (tertiary/aromatic N) is 2. The molecule has 0 saturated carbocycles. The lowest BCUT2D eigenvalue weighted by atomic mass is 10.2. The summed E-state index contributed by atoms with van der Waals surface area (Å²) in [5.74, 6) is -0.123. The smallest absolute Gasteiger partial charge is 0.262 e. The van der Waals surface area contributed by atoms with Gasteiger partial charge in [0.1, 0.15) is 23.2 Å². The van der Waals surface area contributed by atoms with Gasteiger partial charge in [0, 0.05) is 29.6 Å². The average molecular weight is 359 g/mol. The Labute approximate surface area is 138 Å². The zero-order chi connectivity index (χ0) is 17.2. The van der Waals surface area contributed by atoms with Crippen molar-refractivity contribution in [1.82, 2.24) is 4.57 Å². The minimum atomic E-state index is -3.82. The Morgan fingerprint density at radius 2 is 2.13 bits per heavy atom. The highest BCUT2D eigenvalue weighted by Gasteiger charge is 2.15. The predicted octanol–water partition coefficient (Wildman–Crippen LogP) is 2.18. The third kappa shape index (κ3) is 4.23. The van der Waals surface area contributed by atoms with Gasteiger partial charge in [0.05, 0.1) is 5.69 Å². The van der Waals surface area contributed by atoms with Crippen LogP contribution in [0.3, 0.4) is 0 Å². The van der Waals surface area contributed by atoms with Crippen molar-refractivity contribution >= 4 is 31.3 Å². The lowest BCUT2D eigenvalue weighted by Crippen LogP contribution is -2.18. The van der Waals surface area contributed by atoms with Crippen LogP contribution in [0.4, 0.5) is 10.1 Å². The summed E-state index contributed by atoms with van der Waals surface area (Å²) in [5.41, 5.74) is 7.52. The third-order valence-electron chi connectivity index (χ3n) is 3.21. The van der Waals surface area contributed by atoms with Gasteiger partial charge in [0.25, 0.3) is 9.05 Å². The summed E-state index contributed by atoms with van der Waals surface area (Å²) in [6.45, 7) is 1.82. The monoisotopic (exact) mass is 358 g/mol. The van der Waals surface area contributed by atoms with E-state index in [2.05, 4.69) is 10.3 Å². The van der Waals surface area contributed by atoms with Crippen LogP contribution in [0.2, 0.25) is 0 Å². The van der Waals surface area contributed by atoms with Gasteiger partial charge in [-0.25, -0.2) is 17.8 Å². The van der Waals surface area contributed by atoms with Gasteiger partial charge in [0.15, 0.2) is 0 Å². The van der Waals surface area contributed by atoms with Crippen molar-refractivity contribution in [2.75, 3.05) is 12.0 Å². The van der Waals surface area contributed by atoms with E-state index in [0.29, 0.717) is 16.9 Å². The molecule has 0 bridgehead atoms. The Hall–Kier alpha value is -2.06. The molecule has 6 nitrogen and oxygen atoms in total. The number of aliphatic imine (C=N–C) groups is 1. The first kappa shape index (κ1) is 17.3. The van der Waals surface area contributed by atoms with E-state index in [9.17, 15) is 12.8 Å². The number of anilines is 1. The molecule has 0 radical (unpaired) electrons. The second-order valence-corrected chi connectivity index (χ2v) is 7.52. The molecule has 124 valence electrons. The second-order valence-electron chi connectivity index (χ2n) is 4.95. The van der Waals surface area contributed by atoms with Crippen molar-refractivity contribution in [3.05, 3.63) is 47.5 Å². The number of aromatic nitrogens is 1. The van der Waals surface area contributed by atoms with Crippen molar-refractivity contribution in [1.29, 1.82) is 0 Å². The number of aryl methyl sites for hydroxylation is 2. The fourth-order valence-corrected chi connectivity index (χ4v) is 2.76. The van der Waals surface area contributed by atoms with Crippen molar-refractivity contribution < 1.29 is 12.8 Å². The molecule has 2 rings (SSSR count). The molecule has 0 amide bonds. The first-order valence-electron chi connectivity index (χ1n) is 6.60. The van der Waals surface area contributed by atoms with Crippen LogP contribution < -0.4 is 11.1 Å². The van der Waals surface area contributed by atoms with Crippen molar-refractivity contribution in [3.8, 4) is 0 Å². The van der Waals surface area contributed by atoms with E-state index in [1.807, 2.05) is 0 Å². The number of benzene rings is 1. The molecule has 3 N–H and O–H groups in total. The van der Waals surface area contributed by atoms with Gasteiger partial charge in [-0.1, -0.05) is 0 Å². The summed E-state index contributed by atoms with van der Waals surface area (Å²) in [7, 11) is 3.11. The van der Waals surface area contributed by atoms with Gasteiger partial charge in [-0.2, -0.15) is 0 Å². The number of halogens is 2. The summed E-state index contributed by atoms with van der Waals surface area (Å²) in [6.07, 6.45) is 1.36. The van der Waals surface area contributed by atoms with Crippen LogP contribution in [0.1, 0.15) is 11.3 Å². The van der Waals surface area contributed by atoms with Crippen LogP contribution >= 0.6 is 10.7 Å². The van der Waals surface area contributed by atoms with Crippen molar-refractivity contribution in [3.63, 3.8) is 0 Å².